The smallest absolute Gasteiger partial charge is 0.343 e. The van der Waals surface area contributed by atoms with Crippen LogP contribution in [0.1, 0.15) is 20.9 Å². The van der Waals surface area contributed by atoms with Crippen molar-refractivity contribution in [2.24, 2.45) is 0 Å². The summed E-state index contributed by atoms with van der Waals surface area (Å²) in [5, 5.41) is 0. The third-order valence-electron chi connectivity index (χ3n) is 3.12. The van der Waals surface area contributed by atoms with Crippen LogP contribution in [0.3, 0.4) is 0 Å². The van der Waals surface area contributed by atoms with Crippen LogP contribution in [0.4, 0.5) is 0 Å². The van der Waals surface area contributed by atoms with Crippen LogP contribution < -0.4 is 0 Å². The van der Waals surface area contributed by atoms with Gasteiger partial charge in [-0.1, -0.05) is 29.8 Å². The molecule has 2 aromatic rings. The van der Waals surface area contributed by atoms with E-state index in [0.29, 0.717) is 11.3 Å². The number of ether oxygens (including phenoxy) is 1. The molecule has 0 fully saturated rings. The van der Waals surface area contributed by atoms with E-state index in [1.807, 2.05) is 62.4 Å². The Bertz CT molecular complexity index is 718. The Morgan fingerprint density at radius 3 is 2.45 bits per heavy atom. The molecule has 1 aromatic heterocycles. The summed E-state index contributed by atoms with van der Waals surface area (Å²) in [7, 11) is 0. The molecule has 0 unspecified atom stereocenters. The minimum Gasteiger partial charge on any atom is -0.422 e. The van der Waals surface area contributed by atoms with E-state index in [1.54, 1.807) is 11.3 Å². The van der Waals surface area contributed by atoms with Gasteiger partial charge in [-0.15, -0.1) is 11.3 Å². The number of aryl methyl sites for hydroxylation is 2. The van der Waals surface area contributed by atoms with E-state index in [2.05, 4.69) is 0 Å². The average molecular weight is 282 g/mol. The summed E-state index contributed by atoms with van der Waals surface area (Å²) in [5.41, 5.74) is 2.71. The Hall–Kier alpha value is -2.13. The van der Waals surface area contributed by atoms with E-state index in [0.717, 1.165) is 10.4 Å². The monoisotopic (exact) mass is 282 g/mol. The lowest BCUT2D eigenvalue weighted by Crippen LogP contribution is -1.96. The Morgan fingerprint density at radius 1 is 1.05 bits per heavy atom. The fraction of sp³-hybridized carbons (Fsp3) is 0.118. The molecule has 0 N–H and O–H groups in total. The van der Waals surface area contributed by atoms with Crippen molar-refractivity contribution in [3.05, 3.63) is 68.9 Å². The molecule has 100 valence electrons. The van der Waals surface area contributed by atoms with Gasteiger partial charge < -0.3 is 4.74 Å². The van der Waals surface area contributed by atoms with Crippen LogP contribution in [0.5, 0.6) is 0 Å². The lowest BCUT2D eigenvalue weighted by Gasteiger charge is -2.01. The molecule has 3 heteroatoms. The molecule has 0 amide bonds. The summed E-state index contributed by atoms with van der Waals surface area (Å²) >= 11 is 1.66. The summed E-state index contributed by atoms with van der Waals surface area (Å²) in [5.74, 6) is 0.334. The van der Waals surface area contributed by atoms with Crippen LogP contribution in [0, 0.1) is 13.8 Å². The molecule has 0 saturated carbocycles. The van der Waals surface area contributed by atoms with Gasteiger partial charge >= 0.3 is 5.97 Å². The van der Waals surface area contributed by atoms with E-state index in [-0.39, 0.29) is 5.97 Å². The fourth-order valence-electron chi connectivity index (χ4n) is 2.03. The second-order valence-electron chi connectivity index (χ2n) is 4.81. The predicted octanol–water partition coefficient (Wildman–Crippen LogP) is 4.35. The second-order valence-corrected chi connectivity index (χ2v) is 6.13. The number of hydrogen-bond acceptors (Lipinski definition) is 3. The van der Waals surface area contributed by atoms with Gasteiger partial charge in [0.25, 0.3) is 0 Å². The van der Waals surface area contributed by atoms with Gasteiger partial charge in [-0.25, -0.2) is 4.79 Å². The SMILES string of the molecule is Cc1ccc(C2=C/C(=C\c3ccc(C)s3)C(=O)O2)cc1. The van der Waals surface area contributed by atoms with Crippen LogP contribution in [-0.2, 0) is 9.53 Å². The highest BCUT2D eigenvalue weighted by atomic mass is 32.1. The number of esters is 1. The molecule has 0 spiro atoms. The maximum Gasteiger partial charge on any atom is 0.343 e. The van der Waals surface area contributed by atoms with Crippen molar-refractivity contribution in [2.75, 3.05) is 0 Å². The third kappa shape index (κ3) is 2.58. The highest BCUT2D eigenvalue weighted by molar-refractivity contribution is 7.12. The van der Waals surface area contributed by atoms with Crippen molar-refractivity contribution in [1.82, 2.24) is 0 Å². The highest BCUT2D eigenvalue weighted by Gasteiger charge is 2.21. The minimum atomic E-state index is -0.286. The van der Waals surface area contributed by atoms with Crippen molar-refractivity contribution >= 4 is 29.1 Å². The molecule has 2 nitrogen and oxygen atoms in total. The molecule has 0 saturated heterocycles. The van der Waals surface area contributed by atoms with Crippen LogP contribution in [0.25, 0.3) is 11.8 Å². The van der Waals surface area contributed by atoms with Crippen LogP contribution in [-0.4, -0.2) is 5.97 Å². The van der Waals surface area contributed by atoms with Crippen molar-refractivity contribution in [2.45, 2.75) is 13.8 Å². The number of hydrogen-bond donors (Lipinski definition) is 0. The summed E-state index contributed by atoms with van der Waals surface area (Å²) in [6, 6.07) is 12.0. The van der Waals surface area contributed by atoms with Crippen molar-refractivity contribution < 1.29 is 9.53 Å². The van der Waals surface area contributed by atoms with Gasteiger partial charge in [0.2, 0.25) is 0 Å². The molecule has 20 heavy (non-hydrogen) atoms. The van der Waals surface area contributed by atoms with Gasteiger partial charge in [0.05, 0.1) is 5.57 Å². The second kappa shape index (κ2) is 5.10. The first-order valence-corrected chi connectivity index (χ1v) is 7.22. The molecule has 1 aromatic carbocycles. The van der Waals surface area contributed by atoms with Gasteiger partial charge in [0.15, 0.2) is 0 Å². The first-order valence-electron chi connectivity index (χ1n) is 6.41. The summed E-state index contributed by atoms with van der Waals surface area (Å²) in [4.78, 5) is 14.2. The van der Waals surface area contributed by atoms with Crippen LogP contribution >= 0.6 is 11.3 Å². The fourth-order valence-corrected chi connectivity index (χ4v) is 2.86. The number of cyclic esters (lactones) is 1. The zero-order valence-electron chi connectivity index (χ0n) is 11.3. The minimum absolute atomic E-state index is 0.286. The maximum absolute atomic E-state index is 11.9. The lowest BCUT2D eigenvalue weighted by molar-refractivity contribution is -0.130. The van der Waals surface area contributed by atoms with Gasteiger partial charge in [-0.2, -0.15) is 0 Å². The van der Waals surface area contributed by atoms with Crippen molar-refractivity contribution in [3.63, 3.8) is 0 Å². The summed E-state index contributed by atoms with van der Waals surface area (Å²) in [6.45, 7) is 4.08. The van der Waals surface area contributed by atoms with E-state index < -0.39 is 0 Å². The normalized spacial score (nSPS) is 16.4. The molecule has 1 aliphatic heterocycles. The lowest BCUT2D eigenvalue weighted by atomic mass is 10.1. The third-order valence-corrected chi connectivity index (χ3v) is 4.07. The van der Waals surface area contributed by atoms with Crippen LogP contribution in [0.15, 0.2) is 48.0 Å². The summed E-state index contributed by atoms with van der Waals surface area (Å²) in [6.07, 6.45) is 3.68. The molecular weight excluding hydrogens is 268 g/mol. The van der Waals surface area contributed by atoms with E-state index >= 15 is 0 Å². The topological polar surface area (TPSA) is 26.3 Å². The standard InChI is InChI=1S/C17H14O2S/c1-11-3-6-13(7-4-11)16-10-14(17(18)19-16)9-15-8-5-12(2)20-15/h3-10H,1-2H3/b14-9+. The quantitative estimate of drug-likeness (QED) is 0.605. The van der Waals surface area contributed by atoms with E-state index in [9.17, 15) is 4.79 Å². The molecule has 3 rings (SSSR count). The number of thiophene rings is 1. The molecular formula is C17H14O2S. The Kier molecular flexibility index (Phi) is 3.28. The number of carbonyl (C=O) groups excluding carboxylic acids is 1. The van der Waals surface area contributed by atoms with Gasteiger partial charge in [0, 0.05) is 15.3 Å². The first-order chi connectivity index (χ1) is 9.61. The van der Waals surface area contributed by atoms with Crippen molar-refractivity contribution in [1.29, 1.82) is 0 Å². The number of benzene rings is 1. The highest BCUT2D eigenvalue weighted by Crippen LogP contribution is 2.28. The zero-order chi connectivity index (χ0) is 14.1. The maximum atomic E-state index is 11.9. The van der Waals surface area contributed by atoms with Gasteiger partial charge in [-0.3, -0.25) is 0 Å². The Labute approximate surface area is 122 Å². The Morgan fingerprint density at radius 2 is 1.80 bits per heavy atom. The largest absolute Gasteiger partial charge is 0.422 e. The van der Waals surface area contributed by atoms with E-state index in [4.69, 9.17) is 4.74 Å². The molecule has 0 bridgehead atoms. The van der Waals surface area contributed by atoms with Crippen LogP contribution in [0.2, 0.25) is 0 Å². The zero-order valence-corrected chi connectivity index (χ0v) is 12.2. The van der Waals surface area contributed by atoms with Gasteiger partial charge in [-0.05, 0) is 38.1 Å². The molecule has 0 radical (unpaired) electrons. The van der Waals surface area contributed by atoms with E-state index in [1.165, 1.54) is 10.4 Å². The molecule has 0 aliphatic carbocycles. The average Bonchev–Trinajstić information content (AvgIpc) is 2.98. The molecule has 1 aliphatic rings. The van der Waals surface area contributed by atoms with Gasteiger partial charge in [0.1, 0.15) is 5.76 Å². The first kappa shape index (κ1) is 12.9. The number of rotatable bonds is 2. The Balaban J connectivity index is 1.92. The predicted molar refractivity (Wildman–Crippen MR) is 82.3 cm³/mol. The molecule has 2 heterocycles. The van der Waals surface area contributed by atoms with Crippen molar-refractivity contribution in [3.8, 4) is 0 Å². The summed E-state index contributed by atoms with van der Waals surface area (Å²) < 4.78 is 5.34. The molecule has 0 atom stereocenters. The number of carbonyl (C=O) groups is 1.